The number of aromatic nitrogens is 3. The third-order valence-electron chi connectivity index (χ3n) is 4.99. The molecule has 2 aromatic heterocycles. The Morgan fingerprint density at radius 2 is 2.03 bits per heavy atom. The number of H-pyrrole nitrogens is 1. The predicted molar refractivity (Wildman–Crippen MR) is 109 cm³/mol. The molecule has 4 rings (SSSR count). The number of aryl methyl sites for hydroxylation is 1. The molecule has 0 spiro atoms. The summed E-state index contributed by atoms with van der Waals surface area (Å²) in [4.78, 5) is 12.2. The molecule has 9 heteroatoms. The number of nitrogens with one attached hydrogen (secondary N) is 1. The molecule has 154 valence electrons. The van der Waals surface area contributed by atoms with Crippen molar-refractivity contribution in [3.8, 4) is 17.0 Å². The van der Waals surface area contributed by atoms with E-state index in [0.717, 1.165) is 29.7 Å². The highest BCUT2D eigenvalue weighted by Gasteiger charge is 2.21. The summed E-state index contributed by atoms with van der Waals surface area (Å²) in [5.74, 6) is 0.576. The molecule has 1 aliphatic heterocycles. The largest absolute Gasteiger partial charge is 0.490 e. The summed E-state index contributed by atoms with van der Waals surface area (Å²) < 4.78 is 37.0. The van der Waals surface area contributed by atoms with E-state index in [4.69, 9.17) is 9.47 Å². The number of hydrogen-bond acceptors (Lipinski definition) is 6. The van der Waals surface area contributed by atoms with Crippen molar-refractivity contribution < 1.29 is 17.9 Å². The van der Waals surface area contributed by atoms with Gasteiger partial charge in [-0.2, -0.15) is 5.10 Å². The van der Waals surface area contributed by atoms with E-state index in [2.05, 4.69) is 10.2 Å². The molecule has 3 heterocycles. The van der Waals surface area contributed by atoms with Gasteiger partial charge in [-0.3, -0.25) is 9.20 Å². The monoisotopic (exact) mass is 417 g/mol. The lowest BCUT2D eigenvalue weighted by atomic mass is 10.1. The second-order valence-electron chi connectivity index (χ2n) is 7.45. The van der Waals surface area contributed by atoms with Crippen LogP contribution in [0.3, 0.4) is 0 Å². The number of aromatic amines is 1. The fourth-order valence-corrected chi connectivity index (χ4v) is 4.50. The summed E-state index contributed by atoms with van der Waals surface area (Å²) in [6.45, 7) is 3.16. The highest BCUT2D eigenvalue weighted by Crippen LogP contribution is 2.35. The Kier molecular flexibility index (Phi) is 5.18. The second kappa shape index (κ2) is 7.64. The molecule has 0 unspecified atom stereocenters. The molecule has 0 aliphatic carbocycles. The first kappa shape index (κ1) is 19.7. The topological polar surface area (TPSA) is 103 Å². The quantitative estimate of drug-likeness (QED) is 0.682. The number of rotatable bonds is 5. The summed E-state index contributed by atoms with van der Waals surface area (Å²) in [5.41, 5.74) is 3.14. The van der Waals surface area contributed by atoms with Crippen LogP contribution in [-0.2, 0) is 20.3 Å². The highest BCUT2D eigenvalue weighted by atomic mass is 32.2. The Labute approximate surface area is 168 Å². The fraction of sp³-hybridized carbons (Fsp3) is 0.400. The zero-order chi connectivity index (χ0) is 20.6. The van der Waals surface area contributed by atoms with Gasteiger partial charge in [0.25, 0.3) is 5.56 Å². The van der Waals surface area contributed by atoms with Gasteiger partial charge in [-0.25, -0.2) is 13.5 Å². The molecule has 0 radical (unpaired) electrons. The van der Waals surface area contributed by atoms with Gasteiger partial charge in [0.05, 0.1) is 24.7 Å². The average molecular weight is 417 g/mol. The van der Waals surface area contributed by atoms with Crippen LogP contribution in [0.5, 0.6) is 5.75 Å². The summed E-state index contributed by atoms with van der Waals surface area (Å²) >= 11 is 0. The van der Waals surface area contributed by atoms with Crippen LogP contribution in [-0.4, -0.2) is 48.6 Å². The molecule has 1 aliphatic rings. The van der Waals surface area contributed by atoms with Crippen LogP contribution in [0, 0.1) is 6.92 Å². The zero-order valence-electron chi connectivity index (χ0n) is 16.3. The molecular formula is C20H23N3O5S. The minimum atomic E-state index is -3.19. The van der Waals surface area contributed by atoms with Gasteiger partial charge in [0, 0.05) is 24.7 Å². The van der Waals surface area contributed by atoms with Gasteiger partial charge in [0.2, 0.25) is 0 Å². The maximum atomic E-state index is 12.2. The second-order valence-corrected chi connectivity index (χ2v) is 9.59. The lowest BCUT2D eigenvalue weighted by Crippen LogP contribution is -2.26. The van der Waals surface area contributed by atoms with E-state index >= 15 is 0 Å². The van der Waals surface area contributed by atoms with E-state index in [0.29, 0.717) is 30.0 Å². The van der Waals surface area contributed by atoms with Crippen molar-refractivity contribution in [2.24, 2.45) is 0 Å². The maximum Gasteiger partial charge on any atom is 0.288 e. The molecule has 1 fully saturated rings. The average Bonchev–Trinajstić information content (AvgIpc) is 3.00. The van der Waals surface area contributed by atoms with Crippen LogP contribution in [0.25, 0.3) is 16.8 Å². The van der Waals surface area contributed by atoms with Crippen LogP contribution in [0.15, 0.2) is 35.4 Å². The van der Waals surface area contributed by atoms with Gasteiger partial charge in [0.1, 0.15) is 23.7 Å². The highest BCUT2D eigenvalue weighted by molar-refractivity contribution is 7.89. The van der Waals surface area contributed by atoms with E-state index in [-0.39, 0.29) is 17.4 Å². The van der Waals surface area contributed by atoms with Gasteiger partial charge < -0.3 is 9.47 Å². The zero-order valence-corrected chi connectivity index (χ0v) is 17.2. The first-order valence-corrected chi connectivity index (χ1v) is 11.5. The lowest BCUT2D eigenvalue weighted by molar-refractivity contribution is 0.0258. The SMILES string of the molecule is Cc1cc(-c2cc(CS(C)(=O)=O)ccc2OC2CCOCC2)n2cn[nH]c(=O)c12. The summed E-state index contributed by atoms with van der Waals surface area (Å²) in [7, 11) is -3.19. The smallest absolute Gasteiger partial charge is 0.288 e. The molecule has 0 bridgehead atoms. The van der Waals surface area contributed by atoms with Gasteiger partial charge in [-0.15, -0.1) is 0 Å². The first-order chi connectivity index (χ1) is 13.8. The Bertz CT molecular complexity index is 1210. The Morgan fingerprint density at radius 1 is 1.28 bits per heavy atom. The molecule has 0 amide bonds. The van der Waals surface area contributed by atoms with Crippen molar-refractivity contribution in [2.75, 3.05) is 19.5 Å². The summed E-state index contributed by atoms with van der Waals surface area (Å²) in [6.07, 6.45) is 4.36. The maximum absolute atomic E-state index is 12.2. The number of ether oxygens (including phenoxy) is 2. The number of benzene rings is 1. The van der Waals surface area contributed by atoms with Crippen molar-refractivity contribution in [2.45, 2.75) is 31.6 Å². The van der Waals surface area contributed by atoms with Crippen LogP contribution < -0.4 is 10.3 Å². The van der Waals surface area contributed by atoms with Crippen LogP contribution >= 0.6 is 0 Å². The predicted octanol–water partition coefficient (Wildman–Crippen LogP) is 2.10. The minimum Gasteiger partial charge on any atom is -0.490 e. The van der Waals surface area contributed by atoms with Crippen molar-refractivity contribution in [3.05, 3.63) is 52.1 Å². The Hall–Kier alpha value is -2.65. The molecule has 1 aromatic carbocycles. The lowest BCUT2D eigenvalue weighted by Gasteiger charge is -2.25. The fourth-order valence-electron chi connectivity index (χ4n) is 3.71. The number of hydrogen-bond donors (Lipinski definition) is 1. The molecule has 8 nitrogen and oxygen atoms in total. The van der Waals surface area contributed by atoms with Crippen LogP contribution in [0.2, 0.25) is 0 Å². The third kappa shape index (κ3) is 4.20. The van der Waals surface area contributed by atoms with Crippen LogP contribution in [0.1, 0.15) is 24.0 Å². The van der Waals surface area contributed by atoms with Gasteiger partial charge >= 0.3 is 0 Å². The van der Waals surface area contributed by atoms with Crippen molar-refractivity contribution >= 4 is 15.4 Å². The number of sulfone groups is 1. The Balaban J connectivity index is 1.85. The Morgan fingerprint density at radius 3 is 2.76 bits per heavy atom. The minimum absolute atomic E-state index is 0.0251. The number of fused-ring (bicyclic) bond motifs is 1. The molecular weight excluding hydrogens is 394 g/mol. The van der Waals surface area contributed by atoms with E-state index < -0.39 is 9.84 Å². The molecule has 29 heavy (non-hydrogen) atoms. The van der Waals surface area contributed by atoms with Crippen LogP contribution in [0.4, 0.5) is 0 Å². The molecule has 0 saturated carbocycles. The van der Waals surface area contributed by atoms with Crippen molar-refractivity contribution in [1.82, 2.24) is 14.6 Å². The van der Waals surface area contributed by atoms with E-state index in [1.165, 1.54) is 6.26 Å². The van der Waals surface area contributed by atoms with Gasteiger partial charge in [-0.05, 0) is 36.2 Å². The van der Waals surface area contributed by atoms with E-state index in [1.807, 2.05) is 19.1 Å². The van der Waals surface area contributed by atoms with Gasteiger partial charge in [0.15, 0.2) is 9.84 Å². The molecule has 0 atom stereocenters. The van der Waals surface area contributed by atoms with Crippen molar-refractivity contribution in [3.63, 3.8) is 0 Å². The summed E-state index contributed by atoms with van der Waals surface area (Å²) in [6, 6.07) is 7.29. The summed E-state index contributed by atoms with van der Waals surface area (Å²) in [5, 5.41) is 6.36. The number of nitrogens with zero attached hydrogens (tertiary/aromatic N) is 2. The standard InChI is InChI=1S/C20H23N3O5S/c1-13-9-17(23-12-21-22-20(24)19(13)23)16-10-14(11-29(2,25)26)3-4-18(16)28-15-5-7-27-8-6-15/h3-4,9-10,12,15H,5-8,11H2,1-2H3,(H,22,24). The molecule has 1 saturated heterocycles. The van der Waals surface area contributed by atoms with E-state index in [9.17, 15) is 13.2 Å². The third-order valence-corrected chi connectivity index (χ3v) is 5.85. The van der Waals surface area contributed by atoms with Crippen molar-refractivity contribution in [1.29, 1.82) is 0 Å². The van der Waals surface area contributed by atoms with Gasteiger partial charge in [-0.1, -0.05) is 6.07 Å². The van der Waals surface area contributed by atoms with E-state index in [1.54, 1.807) is 22.9 Å². The molecule has 1 N–H and O–H groups in total. The molecule has 3 aromatic rings. The first-order valence-electron chi connectivity index (χ1n) is 9.42. The normalized spacial score (nSPS) is 15.7.